The van der Waals surface area contributed by atoms with E-state index in [0.717, 1.165) is 0 Å². The fourth-order valence-corrected chi connectivity index (χ4v) is 9.03. The van der Waals surface area contributed by atoms with Crippen LogP contribution in [0.4, 0.5) is 19.2 Å². The molecule has 0 aromatic heterocycles. The van der Waals surface area contributed by atoms with Gasteiger partial charge in [-0.3, -0.25) is 4.90 Å². The first kappa shape index (κ1) is 49.7. The number of nitrogens with two attached hydrogens (primary N) is 1. The molecule has 4 saturated heterocycles. The van der Waals surface area contributed by atoms with E-state index in [2.05, 4.69) is 16.0 Å². The summed E-state index contributed by atoms with van der Waals surface area (Å²) in [5.41, 5.74) is 8.01. The Morgan fingerprint density at radius 1 is 0.623 bits per heavy atom. The molecule has 1 saturated carbocycles. The fourth-order valence-electron chi connectivity index (χ4n) is 9.03. The maximum atomic E-state index is 13.5. The number of likely N-dealkylation sites (N-methyl/N-ethyl adjacent to an activating group) is 1. The van der Waals surface area contributed by atoms with Crippen molar-refractivity contribution in [2.45, 2.75) is 137 Å². The van der Waals surface area contributed by atoms with Crippen molar-refractivity contribution in [3.05, 3.63) is 108 Å². The summed E-state index contributed by atoms with van der Waals surface area (Å²) in [5.74, 6) is 0. The largest absolute Gasteiger partial charge is 0.445 e. The summed E-state index contributed by atoms with van der Waals surface area (Å²) in [6.07, 6.45) is -21.5. The average Bonchev–Trinajstić information content (AvgIpc) is 3.66. The third-order valence-electron chi connectivity index (χ3n) is 12.7. The van der Waals surface area contributed by atoms with Crippen molar-refractivity contribution in [1.82, 2.24) is 20.9 Å². The molecule has 4 aliphatic heterocycles. The van der Waals surface area contributed by atoms with Crippen molar-refractivity contribution in [2.75, 3.05) is 13.7 Å². The van der Waals surface area contributed by atoms with Crippen LogP contribution in [0.15, 0.2) is 91.0 Å². The van der Waals surface area contributed by atoms with Crippen molar-refractivity contribution in [3.8, 4) is 0 Å². The molecule has 8 rings (SSSR count). The molecule has 5 aliphatic rings. The monoisotopic (exact) mass is 967 g/mol. The first-order chi connectivity index (χ1) is 33.3. The minimum atomic E-state index is -1.85. The maximum Gasteiger partial charge on any atom is 0.410 e. The number of nitrogens with zero attached hydrogens (tertiary/aromatic N) is 1. The van der Waals surface area contributed by atoms with E-state index in [1.165, 1.54) is 11.9 Å². The molecule has 0 radical (unpaired) electrons. The van der Waals surface area contributed by atoms with Crippen LogP contribution in [0.25, 0.3) is 0 Å². The van der Waals surface area contributed by atoms with Crippen LogP contribution in [0.1, 0.15) is 29.5 Å². The number of fused-ring (bicyclic) bond motifs is 3. The van der Waals surface area contributed by atoms with Gasteiger partial charge < -0.3 is 89.8 Å². The van der Waals surface area contributed by atoms with E-state index in [-0.39, 0.29) is 32.7 Å². The summed E-state index contributed by atoms with van der Waals surface area (Å²) in [6.45, 7) is -0.967. The Labute approximate surface area is 395 Å². The van der Waals surface area contributed by atoms with Gasteiger partial charge in [-0.2, -0.15) is 0 Å². The summed E-state index contributed by atoms with van der Waals surface area (Å²) < 4.78 is 53.5. The lowest BCUT2D eigenvalue weighted by atomic mass is 9.83. The highest BCUT2D eigenvalue weighted by Gasteiger charge is 2.61. The molecule has 3 aromatic carbocycles. The highest BCUT2D eigenvalue weighted by molar-refractivity contribution is 5.71. The number of carbonyl (C=O) groups is 4. The average molecular weight is 968 g/mol. The zero-order valence-corrected chi connectivity index (χ0v) is 37.3. The Morgan fingerprint density at radius 3 is 1.68 bits per heavy atom. The topological polar surface area (TPSA) is 318 Å². The third-order valence-corrected chi connectivity index (χ3v) is 12.7. The number of alkyl carbamates (subject to hydrolysis) is 3. The number of ether oxygens (including phenoxy) is 9. The molecule has 374 valence electrons. The second kappa shape index (κ2) is 22.4. The van der Waals surface area contributed by atoms with Crippen LogP contribution in [0, 0.1) is 0 Å². The molecule has 10 N–H and O–H groups in total. The Balaban J connectivity index is 1.04. The van der Waals surface area contributed by atoms with Gasteiger partial charge in [0.2, 0.25) is 0 Å². The number of carbonyl (C=O) groups excluding carboxylic acids is 4. The molecular formula is C46H57N5O18. The summed E-state index contributed by atoms with van der Waals surface area (Å²) in [6, 6.07) is 20.7. The minimum absolute atomic E-state index is 0.0948. The standard InChI is InChI=1S/C46H57N5O18/c1-51-32-39(68-46(51)60)38-29(64-41(32)69-42-36(56)34(54)31(47)30(19-52)65-42)18-28(50-45(59)63-22-25-15-9-4-10-16-25)40(67-38)66-37-27(49-44(58)62-21-24-13-7-3-8-14-24)17-26(33(53)35(37)55)48-43(57)61-20-23-11-5-2-6-12-23/h2-16,26-42,52-56H,17-22,47H2,1H3,(H,48,57)(H,49,58)(H,50,59)/t26-,27?,28+,29+,30?,31-,32?,33-,34+,35?,36?,37-,38?,39?,40+,41?,42-/m1/s1. The quantitative estimate of drug-likeness (QED) is 0.0947. The molecule has 23 heteroatoms. The van der Waals surface area contributed by atoms with Crippen molar-refractivity contribution in [2.24, 2.45) is 5.73 Å². The van der Waals surface area contributed by atoms with Crippen molar-refractivity contribution in [3.63, 3.8) is 0 Å². The van der Waals surface area contributed by atoms with E-state index >= 15 is 0 Å². The van der Waals surface area contributed by atoms with Gasteiger partial charge in [0.15, 0.2) is 25.0 Å². The first-order valence-electron chi connectivity index (χ1n) is 22.5. The van der Waals surface area contributed by atoms with Crippen LogP contribution in [-0.4, -0.2) is 172 Å². The molecule has 4 amide bonds. The van der Waals surface area contributed by atoms with Crippen LogP contribution in [-0.2, 0) is 62.5 Å². The molecule has 23 nitrogen and oxygen atoms in total. The summed E-state index contributed by atoms with van der Waals surface area (Å²) in [4.78, 5) is 54.4. The molecular weight excluding hydrogens is 911 g/mol. The normalized spacial score (nSPS) is 35.1. The number of hydrogen-bond acceptors (Lipinski definition) is 19. The smallest absolute Gasteiger partial charge is 0.410 e. The first-order valence-corrected chi connectivity index (χ1v) is 22.5. The number of rotatable bonds is 14. The van der Waals surface area contributed by atoms with Gasteiger partial charge in [-0.1, -0.05) is 91.0 Å². The molecule has 17 atom stereocenters. The number of nitrogens with one attached hydrogen (secondary N) is 3. The molecule has 5 fully saturated rings. The van der Waals surface area contributed by atoms with E-state index in [1.54, 1.807) is 91.0 Å². The number of aliphatic hydroxyl groups excluding tert-OH is 5. The third kappa shape index (κ3) is 11.7. The molecule has 3 aromatic rings. The van der Waals surface area contributed by atoms with Crippen LogP contribution in [0.3, 0.4) is 0 Å². The van der Waals surface area contributed by atoms with Crippen molar-refractivity contribution < 1.29 is 87.3 Å². The molecule has 0 bridgehead atoms. The van der Waals surface area contributed by atoms with Gasteiger partial charge in [0.05, 0.1) is 36.9 Å². The van der Waals surface area contributed by atoms with Gasteiger partial charge in [0.25, 0.3) is 0 Å². The van der Waals surface area contributed by atoms with Gasteiger partial charge in [0, 0.05) is 13.5 Å². The van der Waals surface area contributed by atoms with Crippen molar-refractivity contribution in [1.29, 1.82) is 0 Å². The summed E-state index contributed by atoms with van der Waals surface area (Å²) in [5, 5.41) is 62.8. The Hall–Kier alpha value is -5.70. The molecule has 0 spiro atoms. The highest BCUT2D eigenvalue weighted by Crippen LogP contribution is 2.41. The second-order valence-electron chi connectivity index (χ2n) is 17.4. The molecule has 69 heavy (non-hydrogen) atoms. The Morgan fingerprint density at radius 2 is 1.14 bits per heavy atom. The van der Waals surface area contributed by atoms with E-state index < -0.39 is 135 Å². The van der Waals surface area contributed by atoms with Gasteiger partial charge in [0.1, 0.15) is 68.6 Å². The van der Waals surface area contributed by atoms with E-state index in [4.69, 9.17) is 48.4 Å². The number of amides is 4. The van der Waals surface area contributed by atoms with Gasteiger partial charge >= 0.3 is 24.4 Å². The SMILES string of the molecule is CN1C(=O)OC2C3O[C@H](O[C@@H]4C(NC(=O)OCc5ccccc5)C[C@@H](NC(=O)OCc5ccccc5)[C@@H](O)C4O)[C@@H](NC(=O)OCc4ccccc4)C[C@@H]3OC(O[C@H]3OC(CO)[C@@H](N)[C@H](O)C3O)C21. The van der Waals surface area contributed by atoms with Crippen LogP contribution in [0.5, 0.6) is 0 Å². The van der Waals surface area contributed by atoms with Crippen LogP contribution in [0.2, 0.25) is 0 Å². The van der Waals surface area contributed by atoms with E-state index in [1.807, 2.05) is 0 Å². The Kier molecular flexibility index (Phi) is 16.1. The second-order valence-corrected chi connectivity index (χ2v) is 17.4. The van der Waals surface area contributed by atoms with Crippen LogP contribution < -0.4 is 21.7 Å². The fraction of sp³-hybridized carbons (Fsp3) is 0.522. The molecule has 4 heterocycles. The predicted octanol–water partition coefficient (Wildman–Crippen LogP) is -0.176. The summed E-state index contributed by atoms with van der Waals surface area (Å²) >= 11 is 0. The minimum Gasteiger partial charge on any atom is -0.445 e. The zero-order chi connectivity index (χ0) is 48.8. The van der Waals surface area contributed by atoms with Gasteiger partial charge in [-0.25, -0.2) is 19.2 Å². The number of aliphatic hydroxyl groups is 5. The van der Waals surface area contributed by atoms with Gasteiger partial charge in [-0.15, -0.1) is 0 Å². The number of benzene rings is 3. The molecule has 1 aliphatic carbocycles. The lowest BCUT2D eigenvalue weighted by Gasteiger charge is -2.51. The van der Waals surface area contributed by atoms with E-state index in [9.17, 15) is 44.7 Å². The number of hydrogen-bond donors (Lipinski definition) is 9. The molecule has 8 unspecified atom stereocenters. The zero-order valence-electron chi connectivity index (χ0n) is 37.3. The lowest BCUT2D eigenvalue weighted by molar-refractivity contribution is -0.372. The van der Waals surface area contributed by atoms with Gasteiger partial charge in [-0.05, 0) is 23.1 Å². The maximum absolute atomic E-state index is 13.5. The predicted molar refractivity (Wildman–Crippen MR) is 233 cm³/mol. The highest BCUT2D eigenvalue weighted by atomic mass is 16.8. The Bertz CT molecular complexity index is 2180. The van der Waals surface area contributed by atoms with E-state index in [0.29, 0.717) is 16.7 Å². The lowest BCUT2D eigenvalue weighted by Crippen LogP contribution is -2.70. The summed E-state index contributed by atoms with van der Waals surface area (Å²) in [7, 11) is 1.41. The van der Waals surface area contributed by atoms with Crippen molar-refractivity contribution >= 4 is 24.4 Å². The van der Waals surface area contributed by atoms with Crippen LogP contribution >= 0.6 is 0 Å².